The van der Waals surface area contributed by atoms with Crippen LogP contribution in [0, 0.1) is 10.1 Å². The van der Waals surface area contributed by atoms with E-state index in [4.69, 9.17) is 4.74 Å². The van der Waals surface area contributed by atoms with Gasteiger partial charge in [-0.3, -0.25) is 14.9 Å². The Hall–Kier alpha value is -1.43. The highest BCUT2D eigenvalue weighted by Gasteiger charge is 2.27. The number of carbonyl (C=O) groups excluding carboxylic acids is 1. The summed E-state index contributed by atoms with van der Waals surface area (Å²) in [5.41, 5.74) is 0.124. The minimum absolute atomic E-state index is 0.128. The Labute approximate surface area is 101 Å². The van der Waals surface area contributed by atoms with Gasteiger partial charge in [0.25, 0.3) is 5.69 Å². The predicted molar refractivity (Wildman–Crippen MR) is 62.0 cm³/mol. The van der Waals surface area contributed by atoms with Gasteiger partial charge in [0.1, 0.15) is 16.4 Å². The van der Waals surface area contributed by atoms with Crippen molar-refractivity contribution in [3.05, 3.63) is 33.9 Å². The Balaban J connectivity index is 3.41. The summed E-state index contributed by atoms with van der Waals surface area (Å²) in [4.78, 5) is 20.8. The highest BCUT2D eigenvalue weighted by atomic mass is 79.9. The Morgan fingerprint density at radius 3 is 2.62 bits per heavy atom. The highest BCUT2D eigenvalue weighted by molar-refractivity contribution is 9.09. The first-order chi connectivity index (χ1) is 7.49. The Bertz CT molecular complexity index is 433. The van der Waals surface area contributed by atoms with E-state index in [9.17, 15) is 14.9 Å². The molecule has 0 N–H and O–H groups in total. The van der Waals surface area contributed by atoms with E-state index in [-0.39, 0.29) is 17.0 Å². The maximum Gasteiger partial charge on any atom is 0.277 e. The van der Waals surface area contributed by atoms with Crippen LogP contribution in [0.25, 0.3) is 0 Å². The number of nitro benzene ring substituents is 1. The number of hydrogen-bond acceptors (Lipinski definition) is 4. The number of nitro groups is 1. The van der Waals surface area contributed by atoms with E-state index in [2.05, 4.69) is 15.9 Å². The standard InChI is InChI=1S/C10H10BrNO4/c1-6(13)10(11)9-7(12(14)15)4-3-5-8(9)16-2/h3-5,10H,1-2H3. The van der Waals surface area contributed by atoms with Crippen LogP contribution in [0.1, 0.15) is 17.3 Å². The number of halogens is 1. The minimum atomic E-state index is -0.732. The van der Waals surface area contributed by atoms with E-state index in [0.717, 1.165) is 0 Å². The van der Waals surface area contributed by atoms with Crippen molar-refractivity contribution in [3.63, 3.8) is 0 Å². The van der Waals surface area contributed by atoms with Gasteiger partial charge in [-0.25, -0.2) is 0 Å². The lowest BCUT2D eigenvalue weighted by Crippen LogP contribution is -2.06. The molecular weight excluding hydrogens is 278 g/mol. The zero-order valence-electron chi connectivity index (χ0n) is 8.77. The fraction of sp³-hybridized carbons (Fsp3) is 0.300. The number of ether oxygens (including phenoxy) is 1. The number of ketones is 1. The van der Waals surface area contributed by atoms with Gasteiger partial charge < -0.3 is 4.74 Å². The van der Waals surface area contributed by atoms with Gasteiger partial charge in [0.05, 0.1) is 17.6 Å². The SMILES string of the molecule is COc1cccc([N+](=O)[O-])c1C(Br)C(C)=O. The van der Waals surface area contributed by atoms with Gasteiger partial charge in [-0.2, -0.15) is 0 Å². The molecule has 0 spiro atoms. The highest BCUT2D eigenvalue weighted by Crippen LogP contribution is 2.38. The van der Waals surface area contributed by atoms with E-state index < -0.39 is 9.75 Å². The first-order valence-corrected chi connectivity index (χ1v) is 5.36. The predicted octanol–water partition coefficient (Wildman–Crippen LogP) is 2.63. The molecule has 0 saturated carbocycles. The second-order valence-corrected chi connectivity index (χ2v) is 4.04. The number of benzene rings is 1. The summed E-state index contributed by atoms with van der Waals surface area (Å²) < 4.78 is 5.02. The molecule has 1 atom stereocenters. The summed E-state index contributed by atoms with van der Waals surface area (Å²) >= 11 is 3.13. The van der Waals surface area contributed by atoms with Gasteiger partial charge >= 0.3 is 0 Å². The molecule has 0 aliphatic rings. The molecule has 1 aromatic carbocycles. The van der Waals surface area contributed by atoms with Crippen molar-refractivity contribution in [1.82, 2.24) is 0 Å². The fourth-order valence-electron chi connectivity index (χ4n) is 1.33. The van der Waals surface area contributed by atoms with Gasteiger partial charge in [0.2, 0.25) is 0 Å². The summed E-state index contributed by atoms with van der Waals surface area (Å²) in [6.45, 7) is 1.36. The summed E-state index contributed by atoms with van der Waals surface area (Å²) in [7, 11) is 1.41. The molecule has 0 fully saturated rings. The lowest BCUT2D eigenvalue weighted by Gasteiger charge is -2.11. The molecule has 0 heterocycles. The Morgan fingerprint density at radius 2 is 2.19 bits per heavy atom. The molecular formula is C10H10BrNO4. The number of methoxy groups -OCH3 is 1. The average molecular weight is 288 g/mol. The van der Waals surface area contributed by atoms with Crippen molar-refractivity contribution in [2.24, 2.45) is 0 Å². The molecule has 0 saturated heterocycles. The van der Waals surface area contributed by atoms with E-state index in [1.54, 1.807) is 6.07 Å². The van der Waals surface area contributed by atoms with Crippen LogP contribution in [0.15, 0.2) is 18.2 Å². The second-order valence-electron chi connectivity index (χ2n) is 3.12. The first kappa shape index (κ1) is 12.6. The van der Waals surface area contributed by atoms with Gasteiger partial charge in [0.15, 0.2) is 0 Å². The smallest absolute Gasteiger partial charge is 0.277 e. The summed E-state index contributed by atoms with van der Waals surface area (Å²) in [6, 6.07) is 4.44. The van der Waals surface area contributed by atoms with Crippen LogP contribution in [0.2, 0.25) is 0 Å². The third-order valence-corrected chi connectivity index (χ3v) is 3.17. The zero-order valence-corrected chi connectivity index (χ0v) is 10.4. The molecule has 0 aliphatic carbocycles. The monoisotopic (exact) mass is 287 g/mol. The molecule has 16 heavy (non-hydrogen) atoms. The van der Waals surface area contributed by atoms with Crippen LogP contribution in [0.4, 0.5) is 5.69 Å². The topological polar surface area (TPSA) is 69.4 Å². The zero-order chi connectivity index (χ0) is 12.3. The summed E-state index contributed by atoms with van der Waals surface area (Å²) in [5, 5.41) is 10.8. The number of alkyl halides is 1. The fourth-order valence-corrected chi connectivity index (χ4v) is 1.79. The van der Waals surface area contributed by atoms with Crippen LogP contribution < -0.4 is 4.74 Å². The number of rotatable bonds is 4. The van der Waals surface area contributed by atoms with Crippen molar-refractivity contribution < 1.29 is 14.5 Å². The number of nitrogens with zero attached hydrogens (tertiary/aromatic N) is 1. The third kappa shape index (κ3) is 2.38. The first-order valence-electron chi connectivity index (χ1n) is 4.44. The maximum absolute atomic E-state index is 11.3. The van der Waals surface area contributed by atoms with Gasteiger partial charge in [-0.05, 0) is 13.0 Å². The number of hydrogen-bond donors (Lipinski definition) is 0. The molecule has 0 bridgehead atoms. The molecule has 5 nitrogen and oxygen atoms in total. The molecule has 1 aromatic rings. The molecule has 1 rings (SSSR count). The van der Waals surface area contributed by atoms with Crippen LogP contribution in [-0.4, -0.2) is 17.8 Å². The van der Waals surface area contributed by atoms with Crippen LogP contribution in [0.3, 0.4) is 0 Å². The van der Waals surface area contributed by atoms with E-state index in [0.29, 0.717) is 5.75 Å². The van der Waals surface area contributed by atoms with E-state index in [1.165, 1.54) is 26.2 Å². The minimum Gasteiger partial charge on any atom is -0.496 e. The second kappa shape index (κ2) is 5.07. The largest absolute Gasteiger partial charge is 0.496 e. The summed E-state index contributed by atoms with van der Waals surface area (Å²) in [6.07, 6.45) is 0. The molecule has 0 amide bonds. The van der Waals surface area contributed by atoms with Crippen LogP contribution in [-0.2, 0) is 4.79 Å². The Kier molecular flexibility index (Phi) is 4.00. The third-order valence-electron chi connectivity index (χ3n) is 2.07. The normalized spacial score (nSPS) is 11.9. The summed E-state index contributed by atoms with van der Waals surface area (Å²) in [5.74, 6) is 0.110. The van der Waals surface area contributed by atoms with Gasteiger partial charge in [-0.1, -0.05) is 22.0 Å². The van der Waals surface area contributed by atoms with E-state index in [1.807, 2.05) is 0 Å². The number of carbonyl (C=O) groups is 1. The molecule has 0 aromatic heterocycles. The maximum atomic E-state index is 11.3. The average Bonchev–Trinajstić information content (AvgIpc) is 2.26. The quantitative estimate of drug-likeness (QED) is 0.485. The molecule has 6 heteroatoms. The molecule has 0 aliphatic heterocycles. The lowest BCUT2D eigenvalue weighted by molar-refractivity contribution is -0.385. The van der Waals surface area contributed by atoms with Crippen molar-refractivity contribution in [2.45, 2.75) is 11.8 Å². The lowest BCUT2D eigenvalue weighted by atomic mass is 10.1. The van der Waals surface area contributed by atoms with Crippen molar-refractivity contribution in [2.75, 3.05) is 7.11 Å². The Morgan fingerprint density at radius 1 is 1.56 bits per heavy atom. The van der Waals surface area contributed by atoms with Crippen molar-refractivity contribution in [3.8, 4) is 5.75 Å². The van der Waals surface area contributed by atoms with Crippen LogP contribution >= 0.6 is 15.9 Å². The molecule has 0 radical (unpaired) electrons. The number of Topliss-reactive ketones (excluding diaryl/α,β-unsaturated/α-hetero) is 1. The van der Waals surface area contributed by atoms with Gasteiger partial charge in [-0.15, -0.1) is 0 Å². The molecule has 86 valence electrons. The molecule has 1 unspecified atom stereocenters. The van der Waals surface area contributed by atoms with Crippen molar-refractivity contribution >= 4 is 27.4 Å². The van der Waals surface area contributed by atoms with Crippen LogP contribution in [0.5, 0.6) is 5.75 Å². The van der Waals surface area contributed by atoms with Gasteiger partial charge in [0, 0.05) is 6.07 Å². The van der Waals surface area contributed by atoms with Crippen molar-refractivity contribution in [1.29, 1.82) is 0 Å². The van der Waals surface area contributed by atoms with E-state index >= 15 is 0 Å².